The Bertz CT molecular complexity index is 1180. The maximum atomic E-state index is 12.7. The van der Waals surface area contributed by atoms with Gasteiger partial charge in [-0.1, -0.05) is 13.5 Å². The zero-order chi connectivity index (χ0) is 31.2. The standard InChI is InChI=1S/C30H42O11/c1-14-21-12-30(28(8,9)36)13-23(38-17(4)32)15(2)25(30)26(40-19(6)34)27(41-20(7)35)29(21,10)24(39-18(5)33)11-22(14)37-16(3)31/h21-24,26-27,36H,1,11-13H2,2-10H3. The quantitative estimate of drug-likeness (QED) is 0.281. The molecule has 0 aromatic rings. The zero-order valence-corrected chi connectivity index (χ0v) is 25.3. The summed E-state index contributed by atoms with van der Waals surface area (Å²) in [4.78, 5) is 61.8. The molecule has 0 amide bonds. The number of rotatable bonds is 6. The van der Waals surface area contributed by atoms with E-state index in [1.165, 1.54) is 34.6 Å². The van der Waals surface area contributed by atoms with Crippen molar-refractivity contribution in [2.75, 3.05) is 0 Å². The molecule has 0 spiro atoms. The van der Waals surface area contributed by atoms with Gasteiger partial charge >= 0.3 is 29.8 Å². The number of ether oxygens (including phenoxy) is 5. The molecule has 11 heteroatoms. The van der Waals surface area contributed by atoms with E-state index in [9.17, 15) is 29.1 Å². The number of hydrogen-bond donors (Lipinski definition) is 1. The van der Waals surface area contributed by atoms with Gasteiger partial charge in [0.05, 0.1) is 11.0 Å². The van der Waals surface area contributed by atoms with E-state index < -0.39 is 82.7 Å². The molecule has 8 unspecified atom stereocenters. The van der Waals surface area contributed by atoms with Crippen LogP contribution in [-0.4, -0.2) is 71.1 Å². The SMILES string of the molecule is C=C1C(OC(C)=O)CC(OC(C)=O)C2(C)C1CC1(C(C)(C)O)CC(OC(C)=O)C(C)=C1C(OC(C)=O)C2OC(C)=O. The summed E-state index contributed by atoms with van der Waals surface area (Å²) in [7, 11) is 0. The maximum Gasteiger partial charge on any atom is 0.303 e. The van der Waals surface area contributed by atoms with Gasteiger partial charge in [0.15, 0.2) is 12.2 Å². The first-order valence-corrected chi connectivity index (χ1v) is 13.7. The third-order valence-corrected chi connectivity index (χ3v) is 9.10. The summed E-state index contributed by atoms with van der Waals surface area (Å²) in [5, 5.41) is 11.9. The first-order chi connectivity index (χ1) is 18.8. The Morgan fingerprint density at radius 3 is 1.76 bits per heavy atom. The van der Waals surface area contributed by atoms with Crippen LogP contribution in [0.3, 0.4) is 0 Å². The molecule has 0 radical (unpaired) electrons. The molecule has 0 aromatic carbocycles. The second kappa shape index (κ2) is 11.2. The fourth-order valence-corrected chi connectivity index (χ4v) is 7.35. The molecule has 3 aliphatic carbocycles. The first kappa shape index (κ1) is 32.3. The lowest BCUT2D eigenvalue weighted by atomic mass is 9.56. The van der Waals surface area contributed by atoms with Gasteiger partial charge in [-0.3, -0.25) is 24.0 Å². The van der Waals surface area contributed by atoms with Crippen LogP contribution < -0.4 is 0 Å². The molecule has 0 saturated heterocycles. The van der Waals surface area contributed by atoms with Crippen molar-refractivity contribution in [3.05, 3.63) is 23.3 Å². The molecule has 8 atom stereocenters. The molecule has 2 saturated carbocycles. The second-order valence-corrected chi connectivity index (χ2v) is 12.2. The molecule has 0 aromatic heterocycles. The summed E-state index contributed by atoms with van der Waals surface area (Å²) in [5.41, 5.74) is -2.44. The van der Waals surface area contributed by atoms with Crippen LogP contribution >= 0.6 is 0 Å². The van der Waals surface area contributed by atoms with Crippen LogP contribution in [0, 0.1) is 16.7 Å². The van der Waals surface area contributed by atoms with E-state index in [1.54, 1.807) is 27.7 Å². The lowest BCUT2D eigenvalue weighted by Crippen LogP contribution is -2.60. The molecule has 3 rings (SSSR count). The Morgan fingerprint density at radius 2 is 1.29 bits per heavy atom. The van der Waals surface area contributed by atoms with Crippen LogP contribution in [0.5, 0.6) is 0 Å². The first-order valence-electron chi connectivity index (χ1n) is 13.7. The van der Waals surface area contributed by atoms with Gasteiger partial charge in [0, 0.05) is 52.9 Å². The van der Waals surface area contributed by atoms with Crippen LogP contribution in [0.4, 0.5) is 0 Å². The highest BCUT2D eigenvalue weighted by molar-refractivity contribution is 5.70. The summed E-state index contributed by atoms with van der Waals surface area (Å²) in [5.74, 6) is -3.75. The van der Waals surface area contributed by atoms with E-state index in [0.717, 1.165) is 0 Å². The van der Waals surface area contributed by atoms with Gasteiger partial charge in [-0.2, -0.15) is 0 Å². The highest BCUT2D eigenvalue weighted by Crippen LogP contribution is 2.65. The maximum absolute atomic E-state index is 12.7. The topological polar surface area (TPSA) is 152 Å². The normalized spacial score (nSPS) is 34.9. The van der Waals surface area contributed by atoms with Crippen LogP contribution in [-0.2, 0) is 47.7 Å². The van der Waals surface area contributed by atoms with Gasteiger partial charge in [0.2, 0.25) is 0 Å². The van der Waals surface area contributed by atoms with Crippen molar-refractivity contribution in [1.82, 2.24) is 0 Å². The lowest BCUT2D eigenvalue weighted by Gasteiger charge is -2.53. The highest BCUT2D eigenvalue weighted by Gasteiger charge is 2.69. The molecule has 41 heavy (non-hydrogen) atoms. The average molecular weight is 579 g/mol. The minimum Gasteiger partial charge on any atom is -0.462 e. The van der Waals surface area contributed by atoms with Crippen LogP contribution in [0.2, 0.25) is 0 Å². The van der Waals surface area contributed by atoms with E-state index in [2.05, 4.69) is 6.58 Å². The Balaban J connectivity index is 2.45. The highest BCUT2D eigenvalue weighted by atomic mass is 16.6. The molecule has 3 aliphatic rings. The van der Waals surface area contributed by atoms with Crippen molar-refractivity contribution in [2.45, 2.75) is 118 Å². The number of aliphatic hydroxyl groups is 1. The molecule has 11 nitrogen and oxygen atoms in total. The Hall–Kier alpha value is -3.21. The largest absolute Gasteiger partial charge is 0.462 e. The number of carbonyl (C=O) groups is 5. The van der Waals surface area contributed by atoms with E-state index in [4.69, 9.17) is 23.7 Å². The van der Waals surface area contributed by atoms with Gasteiger partial charge in [0.1, 0.15) is 18.3 Å². The summed E-state index contributed by atoms with van der Waals surface area (Å²) in [6, 6.07) is 0. The van der Waals surface area contributed by atoms with Crippen molar-refractivity contribution in [3.8, 4) is 0 Å². The van der Waals surface area contributed by atoms with E-state index in [1.807, 2.05) is 0 Å². The molecule has 2 fully saturated rings. The third kappa shape index (κ3) is 5.78. The van der Waals surface area contributed by atoms with Crippen molar-refractivity contribution in [3.63, 3.8) is 0 Å². The van der Waals surface area contributed by atoms with E-state index in [0.29, 0.717) is 16.7 Å². The predicted octanol–water partition coefficient (Wildman–Crippen LogP) is 3.11. The fourth-order valence-electron chi connectivity index (χ4n) is 7.35. The summed E-state index contributed by atoms with van der Waals surface area (Å²) >= 11 is 0. The van der Waals surface area contributed by atoms with Gasteiger partial charge in [0.25, 0.3) is 0 Å². The molecular formula is C30H42O11. The summed E-state index contributed by atoms with van der Waals surface area (Å²) < 4.78 is 29.1. The summed E-state index contributed by atoms with van der Waals surface area (Å²) in [6.07, 6.45) is -4.74. The Kier molecular flexibility index (Phi) is 8.85. The molecule has 0 bridgehead atoms. The number of fused-ring (bicyclic) bond motifs is 2. The van der Waals surface area contributed by atoms with Crippen LogP contribution in [0.1, 0.15) is 81.6 Å². The van der Waals surface area contributed by atoms with Gasteiger partial charge in [-0.15, -0.1) is 0 Å². The monoisotopic (exact) mass is 578 g/mol. The minimum absolute atomic E-state index is 0.0270. The van der Waals surface area contributed by atoms with Crippen LogP contribution in [0.25, 0.3) is 0 Å². The number of esters is 5. The average Bonchev–Trinajstić information content (AvgIpc) is 3.02. The third-order valence-electron chi connectivity index (χ3n) is 9.10. The smallest absolute Gasteiger partial charge is 0.303 e. The second-order valence-electron chi connectivity index (χ2n) is 12.2. The number of carbonyl (C=O) groups excluding carboxylic acids is 5. The van der Waals surface area contributed by atoms with E-state index in [-0.39, 0.29) is 19.3 Å². The van der Waals surface area contributed by atoms with Crippen LogP contribution in [0.15, 0.2) is 23.3 Å². The van der Waals surface area contributed by atoms with Crippen molar-refractivity contribution in [2.24, 2.45) is 16.7 Å². The fraction of sp³-hybridized carbons (Fsp3) is 0.700. The zero-order valence-electron chi connectivity index (χ0n) is 25.3. The molecule has 0 aliphatic heterocycles. The molecular weight excluding hydrogens is 536 g/mol. The van der Waals surface area contributed by atoms with E-state index >= 15 is 0 Å². The van der Waals surface area contributed by atoms with Crippen molar-refractivity contribution >= 4 is 29.8 Å². The molecule has 0 heterocycles. The van der Waals surface area contributed by atoms with Gasteiger partial charge < -0.3 is 28.8 Å². The predicted molar refractivity (Wildman–Crippen MR) is 144 cm³/mol. The van der Waals surface area contributed by atoms with Gasteiger partial charge in [-0.05, 0) is 49.8 Å². The molecule has 228 valence electrons. The lowest BCUT2D eigenvalue weighted by molar-refractivity contribution is -0.203. The number of hydrogen-bond acceptors (Lipinski definition) is 11. The van der Waals surface area contributed by atoms with Crippen molar-refractivity contribution in [1.29, 1.82) is 0 Å². The Labute approximate surface area is 240 Å². The summed E-state index contributed by atoms with van der Waals surface area (Å²) in [6.45, 7) is 17.2. The Morgan fingerprint density at radius 1 is 0.805 bits per heavy atom. The van der Waals surface area contributed by atoms with Gasteiger partial charge in [-0.25, -0.2) is 0 Å². The minimum atomic E-state index is -1.49. The van der Waals surface area contributed by atoms with Crippen molar-refractivity contribution < 1.29 is 52.8 Å². The molecule has 1 N–H and O–H groups in total.